The summed E-state index contributed by atoms with van der Waals surface area (Å²) >= 11 is 0. The van der Waals surface area contributed by atoms with Gasteiger partial charge in [0.15, 0.2) is 23.7 Å². The maximum atomic E-state index is 10.4. The number of ether oxygens (including phenoxy) is 1. The van der Waals surface area contributed by atoms with Crippen LogP contribution in [0.5, 0.6) is 11.5 Å². The molecule has 0 saturated carbocycles. The van der Waals surface area contributed by atoms with Gasteiger partial charge in [0.1, 0.15) is 12.2 Å². The summed E-state index contributed by atoms with van der Waals surface area (Å²) in [5.41, 5.74) is 2.29. The molecule has 168 valence electrons. The first-order valence-corrected chi connectivity index (χ1v) is 10.00. The monoisotopic (exact) mass is 435 g/mol. The van der Waals surface area contributed by atoms with E-state index in [1.54, 1.807) is 6.07 Å². The van der Waals surface area contributed by atoms with Crippen LogP contribution < -0.4 is 4.74 Å². The molecular weight excluding hydrogens is 410 g/mol. The zero-order valence-electron chi connectivity index (χ0n) is 16.8. The Bertz CT molecular complexity index is 929. The van der Waals surface area contributed by atoms with Crippen molar-refractivity contribution in [2.24, 2.45) is 5.92 Å². The third-order valence-corrected chi connectivity index (χ3v) is 6.95. The number of phenols is 1. The molecule has 0 radical (unpaired) electrons. The van der Waals surface area contributed by atoms with Crippen LogP contribution in [-0.4, -0.2) is 91.5 Å². The number of aliphatic hydroxyl groups is 3. The number of carboxylic acid groups (broad SMARTS) is 2. The van der Waals surface area contributed by atoms with Crippen molar-refractivity contribution >= 4 is 11.9 Å². The van der Waals surface area contributed by atoms with E-state index in [4.69, 9.17) is 25.2 Å². The van der Waals surface area contributed by atoms with Crippen molar-refractivity contribution < 1.29 is 45.0 Å². The number of aliphatic hydroxyl groups excluding tert-OH is 3. The van der Waals surface area contributed by atoms with Crippen molar-refractivity contribution in [2.45, 2.75) is 48.7 Å². The molecule has 10 heteroatoms. The summed E-state index contributed by atoms with van der Waals surface area (Å²) < 4.78 is 6.09. The van der Waals surface area contributed by atoms with Gasteiger partial charge in [-0.2, -0.15) is 0 Å². The average Bonchev–Trinajstić information content (AvgIpc) is 3.09. The summed E-state index contributed by atoms with van der Waals surface area (Å²) in [6, 6.07) is 4.23. The Labute approximate surface area is 177 Å². The molecule has 0 aromatic heterocycles. The fourth-order valence-corrected chi connectivity index (χ4v) is 5.51. The van der Waals surface area contributed by atoms with E-state index in [1.165, 1.54) is 11.1 Å². The lowest BCUT2D eigenvalue weighted by Crippen LogP contribution is -2.64. The molecule has 2 heterocycles. The predicted molar refractivity (Wildman–Crippen MR) is 105 cm³/mol. The number of carboxylic acids is 2. The van der Waals surface area contributed by atoms with Crippen LogP contribution in [0.1, 0.15) is 17.5 Å². The number of likely N-dealkylation sites (N-methyl/N-ethyl adjacent to an activating group) is 1. The SMILES string of the molecule is CN1CC[C@]23c4c5ccc(O)c4O[C@H]2[C@@H](O)C=C[C@H]3[C@H]1C5.O=C(O)C(O)C(O)C(=O)O. The number of nitrogens with zero attached hydrogens (tertiary/aromatic N) is 1. The quantitative estimate of drug-likeness (QED) is 0.327. The van der Waals surface area contributed by atoms with Crippen LogP contribution in [0.3, 0.4) is 0 Å². The molecule has 2 aliphatic carbocycles. The molecule has 31 heavy (non-hydrogen) atoms. The minimum Gasteiger partial charge on any atom is -0.504 e. The van der Waals surface area contributed by atoms with Gasteiger partial charge < -0.3 is 40.3 Å². The molecule has 1 aromatic rings. The number of benzene rings is 1. The van der Waals surface area contributed by atoms with Crippen LogP contribution >= 0.6 is 0 Å². The number of hydrogen-bond acceptors (Lipinski definition) is 8. The largest absolute Gasteiger partial charge is 0.504 e. The fourth-order valence-electron chi connectivity index (χ4n) is 5.51. The summed E-state index contributed by atoms with van der Waals surface area (Å²) in [7, 11) is 2.19. The Hall–Kier alpha value is -2.66. The summed E-state index contributed by atoms with van der Waals surface area (Å²) in [6.07, 6.45) is 0.646. The van der Waals surface area contributed by atoms with Crippen molar-refractivity contribution in [1.29, 1.82) is 0 Å². The molecule has 1 aromatic carbocycles. The highest BCUT2D eigenvalue weighted by Gasteiger charge is 2.64. The van der Waals surface area contributed by atoms with Gasteiger partial charge in [-0.05, 0) is 38.1 Å². The van der Waals surface area contributed by atoms with Crippen LogP contribution in [0.4, 0.5) is 0 Å². The molecule has 1 fully saturated rings. The summed E-state index contributed by atoms with van der Waals surface area (Å²) in [6.45, 7) is 1.01. The van der Waals surface area contributed by atoms with Crippen LogP contribution in [0.25, 0.3) is 0 Å². The summed E-state index contributed by atoms with van der Waals surface area (Å²) in [5.74, 6) is -2.35. The molecule has 1 spiro atoms. The van der Waals surface area contributed by atoms with Crippen molar-refractivity contribution in [3.8, 4) is 11.5 Å². The van der Waals surface area contributed by atoms with Gasteiger partial charge in [-0.3, -0.25) is 0 Å². The van der Waals surface area contributed by atoms with Gasteiger partial charge >= 0.3 is 11.9 Å². The molecule has 2 aliphatic heterocycles. The fraction of sp³-hybridized carbons (Fsp3) is 0.524. The van der Waals surface area contributed by atoms with Crippen LogP contribution in [0, 0.1) is 5.92 Å². The number of piperidine rings is 1. The maximum Gasteiger partial charge on any atom is 0.335 e. The number of likely N-dealkylation sites (tertiary alicyclic amines) is 1. The number of rotatable bonds is 3. The molecule has 4 aliphatic rings. The van der Waals surface area contributed by atoms with Crippen molar-refractivity contribution in [1.82, 2.24) is 4.90 Å². The van der Waals surface area contributed by atoms with Gasteiger partial charge in [0.05, 0.1) is 0 Å². The standard InChI is InChI=1S/C17H19NO3.C4H6O6/c1-18-7-6-17-10-3-5-13(20)16(17)21-15-12(19)4-2-9(14(15)17)8-11(10)18;5-1(3(7)8)2(6)4(9)10/h2-5,10-11,13,16,19-20H,6-8H2,1H3;1-2,5-6H,(H,7,8)(H,9,10)/t10-,11+,13-,16-,17-;/m0./s1. The Kier molecular flexibility index (Phi) is 5.21. The Morgan fingerprint density at radius 3 is 2.42 bits per heavy atom. The Morgan fingerprint density at radius 2 is 1.81 bits per heavy atom. The van der Waals surface area contributed by atoms with Gasteiger partial charge in [-0.15, -0.1) is 0 Å². The average molecular weight is 435 g/mol. The molecule has 1 saturated heterocycles. The maximum absolute atomic E-state index is 10.4. The van der Waals surface area contributed by atoms with E-state index in [1.807, 2.05) is 12.1 Å². The highest BCUT2D eigenvalue weighted by molar-refractivity contribution is 5.83. The second-order valence-corrected chi connectivity index (χ2v) is 8.50. The first-order valence-electron chi connectivity index (χ1n) is 10.00. The summed E-state index contributed by atoms with van der Waals surface area (Å²) in [5, 5.41) is 53.2. The lowest BCUT2D eigenvalue weighted by molar-refractivity contribution is -0.165. The molecule has 2 unspecified atom stereocenters. The van der Waals surface area contributed by atoms with E-state index < -0.39 is 30.3 Å². The molecular formula is C21H25NO9. The van der Waals surface area contributed by atoms with Crippen molar-refractivity contribution in [2.75, 3.05) is 13.6 Å². The predicted octanol–water partition coefficient (Wildman–Crippen LogP) is -0.924. The zero-order chi connectivity index (χ0) is 22.7. The normalized spacial score (nSPS) is 33.9. The first kappa shape index (κ1) is 21.6. The Morgan fingerprint density at radius 1 is 1.16 bits per heavy atom. The second kappa shape index (κ2) is 7.49. The van der Waals surface area contributed by atoms with E-state index in [0.717, 1.165) is 19.4 Å². The molecule has 10 nitrogen and oxygen atoms in total. The first-order chi connectivity index (χ1) is 14.6. The summed E-state index contributed by atoms with van der Waals surface area (Å²) in [4.78, 5) is 22.0. The number of carbonyl (C=O) groups is 2. The smallest absolute Gasteiger partial charge is 0.335 e. The third-order valence-electron chi connectivity index (χ3n) is 6.95. The molecule has 2 bridgehead atoms. The lowest BCUT2D eigenvalue weighted by atomic mass is 9.53. The molecule has 6 N–H and O–H groups in total. The van der Waals surface area contributed by atoms with Gasteiger partial charge in [-0.25, -0.2) is 9.59 Å². The molecule has 5 rings (SSSR count). The second-order valence-electron chi connectivity index (χ2n) is 8.50. The van der Waals surface area contributed by atoms with Crippen LogP contribution in [0.15, 0.2) is 24.3 Å². The lowest BCUT2D eigenvalue weighted by Gasteiger charge is -2.56. The van der Waals surface area contributed by atoms with Gasteiger partial charge in [0.2, 0.25) is 0 Å². The van der Waals surface area contributed by atoms with Crippen molar-refractivity contribution in [3.05, 3.63) is 35.4 Å². The number of aromatic hydroxyl groups is 1. The topological polar surface area (TPSA) is 168 Å². The molecule has 0 amide bonds. The minimum absolute atomic E-state index is 0.160. The third kappa shape index (κ3) is 3.09. The van der Waals surface area contributed by atoms with Gasteiger partial charge in [-0.1, -0.05) is 18.2 Å². The highest BCUT2D eigenvalue weighted by atomic mass is 16.5. The van der Waals surface area contributed by atoms with E-state index in [-0.39, 0.29) is 17.3 Å². The Balaban J connectivity index is 0.000000199. The van der Waals surface area contributed by atoms with E-state index in [0.29, 0.717) is 17.7 Å². The zero-order valence-corrected chi connectivity index (χ0v) is 16.8. The van der Waals surface area contributed by atoms with Crippen LogP contribution in [0.2, 0.25) is 0 Å². The van der Waals surface area contributed by atoms with E-state index in [9.17, 15) is 19.8 Å². The van der Waals surface area contributed by atoms with E-state index in [2.05, 4.69) is 18.0 Å². The van der Waals surface area contributed by atoms with Crippen LogP contribution in [-0.2, 0) is 21.4 Å². The molecule has 7 atom stereocenters. The number of phenolic OH excluding ortho intramolecular Hbond substituents is 1. The number of aliphatic carboxylic acids is 2. The van der Waals surface area contributed by atoms with Gasteiger partial charge in [0, 0.05) is 22.9 Å². The van der Waals surface area contributed by atoms with Gasteiger partial charge in [0.25, 0.3) is 0 Å². The number of hydrogen-bond donors (Lipinski definition) is 6. The minimum atomic E-state index is -2.27. The van der Waals surface area contributed by atoms with E-state index >= 15 is 0 Å². The van der Waals surface area contributed by atoms with Crippen molar-refractivity contribution in [3.63, 3.8) is 0 Å². The highest BCUT2D eigenvalue weighted by Crippen LogP contribution is 2.62.